The van der Waals surface area contributed by atoms with E-state index in [2.05, 4.69) is 10.6 Å². The van der Waals surface area contributed by atoms with E-state index in [1.54, 1.807) is 30.9 Å². The largest absolute Gasteiger partial charge is 0.397 e. The number of nitrogens with one attached hydrogen (secondary N) is 2. The van der Waals surface area contributed by atoms with Gasteiger partial charge in [0, 0.05) is 12.6 Å². The van der Waals surface area contributed by atoms with Crippen molar-refractivity contribution in [2.24, 2.45) is 0 Å². The van der Waals surface area contributed by atoms with Crippen molar-refractivity contribution in [3.63, 3.8) is 0 Å². The molecule has 1 heterocycles. The summed E-state index contributed by atoms with van der Waals surface area (Å²) in [7, 11) is 1.53. The summed E-state index contributed by atoms with van der Waals surface area (Å²) in [5, 5.41) is 4.81. The summed E-state index contributed by atoms with van der Waals surface area (Å²) in [5.74, 6) is -1.01. The van der Waals surface area contributed by atoms with Gasteiger partial charge in [-0.15, -0.1) is 0 Å². The molecule has 1 aromatic rings. The number of nitrogen functional groups attached to an aromatic ring is 1. The van der Waals surface area contributed by atoms with Gasteiger partial charge in [0.2, 0.25) is 5.91 Å². The Bertz CT molecular complexity index is 625. The summed E-state index contributed by atoms with van der Waals surface area (Å²) in [5.41, 5.74) is 6.40. The van der Waals surface area contributed by atoms with Crippen LogP contribution in [0, 0.1) is 0 Å². The van der Waals surface area contributed by atoms with Crippen molar-refractivity contribution in [3.05, 3.63) is 23.8 Å². The van der Waals surface area contributed by atoms with Gasteiger partial charge in [-0.3, -0.25) is 19.7 Å². The molecule has 4 N–H and O–H groups in total. The van der Waals surface area contributed by atoms with Crippen LogP contribution in [0.1, 0.15) is 24.2 Å². The van der Waals surface area contributed by atoms with Crippen LogP contribution in [0.5, 0.6) is 0 Å². The third kappa shape index (κ3) is 2.54. The zero-order valence-corrected chi connectivity index (χ0v) is 12.2. The molecule has 7 nitrogen and oxygen atoms in total. The second-order valence-corrected chi connectivity index (χ2v) is 5.38. The average Bonchev–Trinajstić information content (AvgIpc) is 2.42. The number of hydrogen-bond acceptors (Lipinski definition) is 5. The second-order valence-electron chi connectivity index (χ2n) is 5.38. The fourth-order valence-corrected chi connectivity index (χ4v) is 2.26. The third-order valence-electron chi connectivity index (χ3n) is 3.59. The number of piperazine rings is 1. The van der Waals surface area contributed by atoms with Gasteiger partial charge in [0.15, 0.2) is 0 Å². The first-order valence-electron chi connectivity index (χ1n) is 6.51. The van der Waals surface area contributed by atoms with E-state index in [0.29, 0.717) is 16.9 Å². The number of hydrogen-bond donors (Lipinski definition) is 3. The van der Waals surface area contributed by atoms with Crippen LogP contribution >= 0.6 is 0 Å². The Hall–Kier alpha value is -2.57. The van der Waals surface area contributed by atoms with E-state index in [1.807, 2.05) is 0 Å². The highest BCUT2D eigenvalue weighted by Gasteiger charge is 2.41. The van der Waals surface area contributed by atoms with Crippen molar-refractivity contribution in [3.8, 4) is 0 Å². The maximum atomic E-state index is 12.0. The molecule has 1 saturated heterocycles. The Labute approximate surface area is 122 Å². The van der Waals surface area contributed by atoms with E-state index in [-0.39, 0.29) is 24.3 Å². The third-order valence-corrected chi connectivity index (χ3v) is 3.59. The smallest absolute Gasteiger partial charge is 0.251 e. The minimum atomic E-state index is -0.906. The fraction of sp³-hybridized carbons (Fsp3) is 0.357. The first-order chi connectivity index (χ1) is 9.77. The van der Waals surface area contributed by atoms with Crippen molar-refractivity contribution >= 4 is 29.1 Å². The van der Waals surface area contributed by atoms with Gasteiger partial charge < -0.3 is 16.0 Å². The Balaban J connectivity index is 2.43. The van der Waals surface area contributed by atoms with Gasteiger partial charge in [0.25, 0.3) is 11.8 Å². The number of carbonyl (C=O) groups excluding carboxylic acids is 3. The summed E-state index contributed by atoms with van der Waals surface area (Å²) in [6.07, 6.45) is 0. The molecule has 0 aromatic heterocycles. The second kappa shape index (κ2) is 5.08. The predicted octanol–water partition coefficient (Wildman–Crippen LogP) is -0.130. The summed E-state index contributed by atoms with van der Waals surface area (Å²) in [6, 6.07) is 4.78. The zero-order chi connectivity index (χ0) is 15.8. The fourth-order valence-electron chi connectivity index (χ4n) is 2.26. The number of rotatable bonds is 2. The van der Waals surface area contributed by atoms with Crippen LogP contribution in [0.15, 0.2) is 18.2 Å². The lowest BCUT2D eigenvalue weighted by atomic mass is 9.97. The van der Waals surface area contributed by atoms with Crippen LogP contribution in [0.25, 0.3) is 0 Å². The van der Waals surface area contributed by atoms with Crippen molar-refractivity contribution in [2.45, 2.75) is 19.4 Å². The van der Waals surface area contributed by atoms with Crippen molar-refractivity contribution in [1.29, 1.82) is 0 Å². The molecule has 1 aromatic carbocycles. The van der Waals surface area contributed by atoms with Gasteiger partial charge in [-0.1, -0.05) is 0 Å². The van der Waals surface area contributed by atoms with E-state index in [4.69, 9.17) is 5.73 Å². The van der Waals surface area contributed by atoms with E-state index < -0.39 is 5.54 Å². The number of anilines is 2. The molecule has 0 unspecified atom stereocenters. The van der Waals surface area contributed by atoms with Crippen LogP contribution in [-0.2, 0) is 9.59 Å². The van der Waals surface area contributed by atoms with Crippen LogP contribution in [0.3, 0.4) is 0 Å². The standard InChI is InChI=1S/C14H18N4O3/c1-14(2)13(21)17-11(19)7-18(14)10-5-4-8(6-9(10)15)12(20)16-3/h4-6H,7,15H2,1-3H3,(H,16,20)(H,17,19,21). The van der Waals surface area contributed by atoms with Gasteiger partial charge >= 0.3 is 0 Å². The molecule has 0 atom stereocenters. The van der Waals surface area contributed by atoms with Crippen LogP contribution < -0.4 is 21.3 Å². The van der Waals surface area contributed by atoms with Gasteiger partial charge in [0.1, 0.15) is 5.54 Å². The first kappa shape index (κ1) is 14.8. The monoisotopic (exact) mass is 290 g/mol. The number of imide groups is 1. The number of amides is 3. The molecule has 0 bridgehead atoms. The molecule has 1 aliphatic rings. The quantitative estimate of drug-likeness (QED) is 0.520. The topological polar surface area (TPSA) is 105 Å². The Morgan fingerprint density at radius 1 is 1.38 bits per heavy atom. The van der Waals surface area contributed by atoms with E-state index in [9.17, 15) is 14.4 Å². The maximum Gasteiger partial charge on any atom is 0.251 e. The Morgan fingerprint density at radius 2 is 2.05 bits per heavy atom. The molecule has 0 saturated carbocycles. The number of carbonyl (C=O) groups is 3. The SMILES string of the molecule is CNC(=O)c1ccc(N2CC(=O)NC(=O)C2(C)C)c(N)c1. The Kier molecular flexibility index (Phi) is 3.59. The molecule has 0 aliphatic carbocycles. The van der Waals surface area contributed by atoms with Gasteiger partial charge in [-0.2, -0.15) is 0 Å². The maximum absolute atomic E-state index is 12.0. The minimum Gasteiger partial charge on any atom is -0.397 e. The highest BCUT2D eigenvalue weighted by molar-refractivity contribution is 6.07. The molecule has 112 valence electrons. The zero-order valence-electron chi connectivity index (χ0n) is 12.2. The molecular weight excluding hydrogens is 272 g/mol. The molecule has 0 spiro atoms. The summed E-state index contributed by atoms with van der Waals surface area (Å²) in [4.78, 5) is 36.8. The van der Waals surface area contributed by atoms with Crippen molar-refractivity contribution in [1.82, 2.24) is 10.6 Å². The van der Waals surface area contributed by atoms with Gasteiger partial charge in [-0.25, -0.2) is 0 Å². The molecule has 21 heavy (non-hydrogen) atoms. The molecule has 0 radical (unpaired) electrons. The normalized spacial score (nSPS) is 17.4. The lowest BCUT2D eigenvalue weighted by Gasteiger charge is -2.42. The van der Waals surface area contributed by atoms with E-state index in [0.717, 1.165) is 0 Å². The van der Waals surface area contributed by atoms with Crippen LogP contribution in [0.2, 0.25) is 0 Å². The minimum absolute atomic E-state index is 0.0300. The lowest BCUT2D eigenvalue weighted by molar-refractivity contribution is -0.135. The molecule has 1 aliphatic heterocycles. The average molecular weight is 290 g/mol. The van der Waals surface area contributed by atoms with Crippen LogP contribution in [0.4, 0.5) is 11.4 Å². The number of nitrogens with zero attached hydrogens (tertiary/aromatic N) is 1. The lowest BCUT2D eigenvalue weighted by Crippen LogP contribution is -2.64. The predicted molar refractivity (Wildman–Crippen MR) is 78.8 cm³/mol. The molecule has 1 fully saturated rings. The summed E-state index contributed by atoms with van der Waals surface area (Å²) < 4.78 is 0. The molecule has 2 rings (SSSR count). The van der Waals surface area contributed by atoms with E-state index >= 15 is 0 Å². The van der Waals surface area contributed by atoms with Crippen molar-refractivity contribution < 1.29 is 14.4 Å². The number of nitrogens with two attached hydrogens (primary N) is 1. The Morgan fingerprint density at radius 3 is 2.62 bits per heavy atom. The highest BCUT2D eigenvalue weighted by Crippen LogP contribution is 2.31. The van der Waals surface area contributed by atoms with Crippen LogP contribution in [-0.4, -0.2) is 36.9 Å². The summed E-state index contributed by atoms with van der Waals surface area (Å²) in [6.45, 7) is 3.45. The van der Waals surface area contributed by atoms with Gasteiger partial charge in [-0.05, 0) is 32.0 Å². The molecule has 7 heteroatoms. The van der Waals surface area contributed by atoms with E-state index in [1.165, 1.54) is 13.1 Å². The van der Waals surface area contributed by atoms with Gasteiger partial charge in [0.05, 0.1) is 17.9 Å². The highest BCUT2D eigenvalue weighted by atomic mass is 16.2. The molecule has 3 amide bonds. The van der Waals surface area contributed by atoms with Crippen molar-refractivity contribution in [2.75, 3.05) is 24.2 Å². The number of benzene rings is 1. The first-order valence-corrected chi connectivity index (χ1v) is 6.51. The summed E-state index contributed by atoms with van der Waals surface area (Å²) >= 11 is 0. The molecular formula is C14H18N4O3.